The van der Waals surface area contributed by atoms with Crippen LogP contribution in [-0.4, -0.2) is 21.7 Å². The number of aromatic amines is 1. The van der Waals surface area contributed by atoms with Crippen LogP contribution in [0, 0.1) is 5.92 Å². The normalized spacial score (nSPS) is 13.0. The van der Waals surface area contributed by atoms with Crippen molar-refractivity contribution >= 4 is 6.09 Å². The number of nitrogens with zero attached hydrogens (tertiary/aromatic N) is 1. The Balaban J connectivity index is 2.16. The van der Waals surface area contributed by atoms with Crippen molar-refractivity contribution in [1.82, 2.24) is 15.3 Å². The molecule has 5 nitrogen and oxygen atoms in total. The highest BCUT2D eigenvalue weighted by atomic mass is 16.6. The maximum Gasteiger partial charge on any atom is 0.408 e. The molecule has 0 spiro atoms. The molecule has 2 rings (SSSR count). The van der Waals surface area contributed by atoms with Gasteiger partial charge in [-0.1, -0.05) is 44.2 Å². The monoisotopic (exact) mass is 315 g/mol. The summed E-state index contributed by atoms with van der Waals surface area (Å²) in [6, 6.07) is 9.74. The number of alkyl carbamates (subject to hydrolysis) is 1. The molecule has 0 fully saturated rings. The SMILES string of the molecule is CC(C)[C@H](NC(=O)OC(C)(C)C)c1ncc(-c2ccccc2)[nH]1. The van der Waals surface area contributed by atoms with Crippen molar-refractivity contribution in [3.63, 3.8) is 0 Å². The van der Waals surface area contributed by atoms with Crippen LogP contribution in [0.3, 0.4) is 0 Å². The van der Waals surface area contributed by atoms with Crippen molar-refractivity contribution < 1.29 is 9.53 Å². The van der Waals surface area contributed by atoms with Crippen molar-refractivity contribution in [2.45, 2.75) is 46.3 Å². The van der Waals surface area contributed by atoms with E-state index in [1.165, 1.54) is 0 Å². The van der Waals surface area contributed by atoms with Crippen molar-refractivity contribution in [3.8, 4) is 11.3 Å². The van der Waals surface area contributed by atoms with E-state index in [1.807, 2.05) is 65.0 Å². The van der Waals surface area contributed by atoms with Crippen LogP contribution in [0.15, 0.2) is 36.5 Å². The number of H-pyrrole nitrogens is 1. The zero-order valence-corrected chi connectivity index (χ0v) is 14.4. The Hall–Kier alpha value is -2.30. The van der Waals surface area contributed by atoms with Crippen LogP contribution in [0.25, 0.3) is 11.3 Å². The lowest BCUT2D eigenvalue weighted by molar-refractivity contribution is 0.0486. The van der Waals surface area contributed by atoms with Gasteiger partial charge in [0.1, 0.15) is 11.4 Å². The predicted octanol–water partition coefficient (Wildman–Crippen LogP) is 4.30. The number of aromatic nitrogens is 2. The van der Waals surface area contributed by atoms with Crippen LogP contribution in [0.2, 0.25) is 0 Å². The van der Waals surface area contributed by atoms with Crippen molar-refractivity contribution in [2.75, 3.05) is 0 Å². The molecule has 1 heterocycles. The fourth-order valence-electron chi connectivity index (χ4n) is 2.24. The van der Waals surface area contributed by atoms with E-state index in [2.05, 4.69) is 15.3 Å². The summed E-state index contributed by atoms with van der Waals surface area (Å²) in [5.41, 5.74) is 1.47. The zero-order valence-electron chi connectivity index (χ0n) is 14.4. The smallest absolute Gasteiger partial charge is 0.408 e. The topological polar surface area (TPSA) is 67.0 Å². The maximum atomic E-state index is 12.0. The molecule has 5 heteroatoms. The minimum absolute atomic E-state index is 0.178. The third-order valence-corrected chi connectivity index (χ3v) is 3.31. The number of hydrogen-bond acceptors (Lipinski definition) is 3. The second-order valence-corrected chi connectivity index (χ2v) is 6.92. The summed E-state index contributed by atoms with van der Waals surface area (Å²) in [7, 11) is 0. The molecule has 0 bridgehead atoms. The summed E-state index contributed by atoms with van der Waals surface area (Å²) in [5, 5.41) is 2.90. The van der Waals surface area contributed by atoms with E-state index < -0.39 is 11.7 Å². The lowest BCUT2D eigenvalue weighted by atomic mass is 10.0. The van der Waals surface area contributed by atoms with E-state index in [4.69, 9.17) is 4.74 Å². The number of benzene rings is 1. The van der Waals surface area contributed by atoms with Crippen molar-refractivity contribution in [1.29, 1.82) is 0 Å². The van der Waals surface area contributed by atoms with Gasteiger partial charge in [0.05, 0.1) is 17.9 Å². The number of ether oxygens (including phenoxy) is 1. The Morgan fingerprint density at radius 1 is 1.22 bits per heavy atom. The van der Waals surface area contributed by atoms with Gasteiger partial charge in [-0.2, -0.15) is 0 Å². The fourth-order valence-corrected chi connectivity index (χ4v) is 2.24. The first-order valence-electron chi connectivity index (χ1n) is 7.86. The molecule has 1 atom stereocenters. The van der Waals surface area contributed by atoms with E-state index in [0.717, 1.165) is 17.1 Å². The Labute approximate surface area is 137 Å². The maximum absolute atomic E-state index is 12.0. The lowest BCUT2D eigenvalue weighted by Crippen LogP contribution is -2.37. The molecule has 1 amide bonds. The molecule has 0 radical (unpaired) electrons. The van der Waals surface area contributed by atoms with Gasteiger partial charge in [-0.25, -0.2) is 9.78 Å². The van der Waals surface area contributed by atoms with Gasteiger partial charge in [-0.05, 0) is 32.3 Å². The summed E-state index contributed by atoms with van der Waals surface area (Å²) in [6.45, 7) is 9.60. The molecule has 2 aromatic rings. The summed E-state index contributed by atoms with van der Waals surface area (Å²) >= 11 is 0. The van der Waals surface area contributed by atoms with Crippen LogP contribution in [0.4, 0.5) is 4.79 Å². The quantitative estimate of drug-likeness (QED) is 0.884. The van der Waals surface area contributed by atoms with E-state index in [0.29, 0.717) is 0 Å². The van der Waals surface area contributed by atoms with Gasteiger partial charge in [0.2, 0.25) is 0 Å². The van der Waals surface area contributed by atoms with Gasteiger partial charge in [-0.3, -0.25) is 0 Å². The molecule has 0 unspecified atom stereocenters. The molecule has 0 aliphatic rings. The van der Waals surface area contributed by atoms with Crippen LogP contribution in [0.5, 0.6) is 0 Å². The summed E-state index contributed by atoms with van der Waals surface area (Å²) in [6.07, 6.45) is 1.35. The van der Waals surface area contributed by atoms with Crippen LogP contribution >= 0.6 is 0 Å². The number of carbonyl (C=O) groups excluding carboxylic acids is 1. The number of hydrogen-bond donors (Lipinski definition) is 2. The molecule has 23 heavy (non-hydrogen) atoms. The zero-order chi connectivity index (χ0) is 17.0. The summed E-state index contributed by atoms with van der Waals surface area (Å²) in [5.74, 6) is 0.905. The average Bonchev–Trinajstić information content (AvgIpc) is 2.93. The number of nitrogens with one attached hydrogen (secondary N) is 2. The standard InChI is InChI=1S/C18H25N3O2/c1-12(2)15(21-17(22)23-18(3,4)5)16-19-11-14(20-16)13-9-7-6-8-10-13/h6-12,15H,1-5H3,(H,19,20)(H,21,22)/t15-/m0/s1. The number of carbonyl (C=O) groups is 1. The molecule has 1 aromatic heterocycles. The minimum Gasteiger partial charge on any atom is -0.444 e. The summed E-state index contributed by atoms with van der Waals surface area (Å²) < 4.78 is 5.34. The molecular formula is C18H25N3O2. The van der Waals surface area contributed by atoms with E-state index in [1.54, 1.807) is 6.20 Å². The lowest BCUT2D eigenvalue weighted by Gasteiger charge is -2.24. The molecule has 0 aliphatic heterocycles. The first-order chi connectivity index (χ1) is 10.8. The molecule has 1 aromatic carbocycles. The average molecular weight is 315 g/mol. The second-order valence-electron chi connectivity index (χ2n) is 6.92. The van der Waals surface area contributed by atoms with E-state index >= 15 is 0 Å². The van der Waals surface area contributed by atoms with Crippen molar-refractivity contribution in [2.24, 2.45) is 5.92 Å². The van der Waals surface area contributed by atoms with E-state index in [9.17, 15) is 4.79 Å². The molecule has 0 saturated heterocycles. The largest absolute Gasteiger partial charge is 0.444 e. The molecule has 0 saturated carbocycles. The van der Waals surface area contributed by atoms with Gasteiger partial charge in [0.15, 0.2) is 0 Å². The number of rotatable bonds is 4. The first kappa shape index (κ1) is 17.1. The molecular weight excluding hydrogens is 290 g/mol. The van der Waals surface area contributed by atoms with Crippen LogP contribution in [0.1, 0.15) is 46.5 Å². The van der Waals surface area contributed by atoms with Crippen molar-refractivity contribution in [3.05, 3.63) is 42.4 Å². The van der Waals surface area contributed by atoms with Gasteiger partial charge in [0, 0.05) is 0 Å². The highest BCUT2D eigenvalue weighted by molar-refractivity contribution is 5.68. The van der Waals surface area contributed by atoms with Crippen LogP contribution in [-0.2, 0) is 4.74 Å². The third-order valence-electron chi connectivity index (χ3n) is 3.31. The van der Waals surface area contributed by atoms with Gasteiger partial charge < -0.3 is 15.0 Å². The third kappa shape index (κ3) is 4.84. The molecule has 2 N–H and O–H groups in total. The van der Waals surface area contributed by atoms with Gasteiger partial charge in [0.25, 0.3) is 0 Å². The minimum atomic E-state index is -0.524. The number of imidazole rings is 1. The van der Waals surface area contributed by atoms with Gasteiger partial charge in [-0.15, -0.1) is 0 Å². The van der Waals surface area contributed by atoms with Crippen LogP contribution < -0.4 is 5.32 Å². The Morgan fingerprint density at radius 3 is 2.43 bits per heavy atom. The fraction of sp³-hybridized carbons (Fsp3) is 0.444. The predicted molar refractivity (Wildman–Crippen MR) is 91.0 cm³/mol. The highest BCUT2D eigenvalue weighted by Crippen LogP contribution is 2.23. The second kappa shape index (κ2) is 6.86. The van der Waals surface area contributed by atoms with Gasteiger partial charge >= 0.3 is 6.09 Å². The van der Waals surface area contributed by atoms with E-state index in [-0.39, 0.29) is 12.0 Å². The number of amides is 1. The Bertz CT molecular complexity index is 642. The summed E-state index contributed by atoms with van der Waals surface area (Å²) in [4.78, 5) is 19.8. The molecule has 0 aliphatic carbocycles. The molecule has 124 valence electrons. The highest BCUT2D eigenvalue weighted by Gasteiger charge is 2.24. The Morgan fingerprint density at radius 2 is 1.87 bits per heavy atom. The Kier molecular flexibility index (Phi) is 5.08. The first-order valence-corrected chi connectivity index (χ1v) is 7.86.